The van der Waals surface area contributed by atoms with E-state index in [1.807, 2.05) is 0 Å². The van der Waals surface area contributed by atoms with E-state index in [-0.39, 0.29) is 18.0 Å². The SMILES string of the molecule is O=C(NNC(=O)c1csc(N2CCOCC2)n1)c1csc(COc2ccc(Cl)cc2)n1. The first-order valence-corrected chi connectivity index (χ1v) is 11.4. The third kappa shape index (κ3) is 5.70. The normalized spacial score (nSPS) is 13.6. The number of hydrogen-bond acceptors (Lipinski definition) is 9. The molecular weight excluding hydrogens is 462 g/mol. The molecule has 1 saturated heterocycles. The first-order valence-electron chi connectivity index (χ1n) is 9.30. The predicted molar refractivity (Wildman–Crippen MR) is 118 cm³/mol. The Morgan fingerprint density at radius 1 is 1.03 bits per heavy atom. The second kappa shape index (κ2) is 10.1. The van der Waals surface area contributed by atoms with Gasteiger partial charge in [-0.2, -0.15) is 0 Å². The Morgan fingerprint density at radius 2 is 1.68 bits per heavy atom. The van der Waals surface area contributed by atoms with Crippen molar-refractivity contribution in [3.05, 3.63) is 56.4 Å². The molecule has 1 aliphatic heterocycles. The van der Waals surface area contributed by atoms with Gasteiger partial charge in [0.15, 0.2) is 5.13 Å². The molecule has 3 aromatic rings. The van der Waals surface area contributed by atoms with Crippen LogP contribution in [0.5, 0.6) is 5.75 Å². The van der Waals surface area contributed by atoms with Crippen LogP contribution in [0.15, 0.2) is 35.0 Å². The van der Waals surface area contributed by atoms with E-state index in [0.29, 0.717) is 29.0 Å². The number of halogens is 1. The fraction of sp³-hybridized carbons (Fsp3) is 0.263. The highest BCUT2D eigenvalue weighted by Gasteiger charge is 2.18. The summed E-state index contributed by atoms with van der Waals surface area (Å²) in [6.45, 7) is 2.96. The Balaban J connectivity index is 1.26. The maximum Gasteiger partial charge on any atom is 0.289 e. The number of thiazole rings is 2. The molecule has 0 aliphatic carbocycles. The quantitative estimate of drug-likeness (QED) is 0.523. The number of benzene rings is 1. The zero-order chi connectivity index (χ0) is 21.6. The molecule has 3 heterocycles. The van der Waals surface area contributed by atoms with Crippen molar-refractivity contribution in [1.82, 2.24) is 20.8 Å². The Labute approximate surface area is 190 Å². The molecule has 0 bridgehead atoms. The number of aromatic nitrogens is 2. The molecule has 1 aliphatic rings. The molecule has 31 heavy (non-hydrogen) atoms. The average molecular weight is 480 g/mol. The smallest absolute Gasteiger partial charge is 0.289 e. The number of ether oxygens (including phenoxy) is 2. The van der Waals surface area contributed by atoms with Crippen molar-refractivity contribution in [2.75, 3.05) is 31.2 Å². The van der Waals surface area contributed by atoms with E-state index in [2.05, 4.69) is 25.7 Å². The number of carbonyl (C=O) groups excluding carboxylic acids is 2. The third-order valence-corrected chi connectivity index (χ3v) is 6.23. The first-order chi connectivity index (χ1) is 15.1. The maximum atomic E-state index is 12.3. The van der Waals surface area contributed by atoms with Crippen molar-refractivity contribution in [3.8, 4) is 5.75 Å². The average Bonchev–Trinajstić information content (AvgIpc) is 3.48. The number of amides is 2. The fourth-order valence-corrected chi connectivity index (χ4v) is 4.34. The molecule has 162 valence electrons. The number of nitrogens with one attached hydrogen (secondary N) is 2. The van der Waals surface area contributed by atoms with Gasteiger partial charge in [0.25, 0.3) is 11.8 Å². The van der Waals surface area contributed by atoms with Crippen LogP contribution in [-0.4, -0.2) is 48.1 Å². The Bertz CT molecular complexity index is 1050. The predicted octanol–water partition coefficient (Wildman–Crippen LogP) is 2.74. The summed E-state index contributed by atoms with van der Waals surface area (Å²) in [6.07, 6.45) is 0. The molecular formula is C19H18ClN5O4S2. The van der Waals surface area contributed by atoms with Crippen molar-refractivity contribution in [1.29, 1.82) is 0 Å². The molecule has 1 fully saturated rings. The number of nitrogens with zero attached hydrogens (tertiary/aromatic N) is 3. The molecule has 12 heteroatoms. The molecule has 0 spiro atoms. The second-order valence-electron chi connectivity index (χ2n) is 6.39. The van der Waals surface area contributed by atoms with Gasteiger partial charge in [0.2, 0.25) is 0 Å². The summed E-state index contributed by atoms with van der Waals surface area (Å²) in [6, 6.07) is 6.96. The number of rotatable bonds is 6. The van der Waals surface area contributed by atoms with E-state index in [4.69, 9.17) is 21.1 Å². The van der Waals surface area contributed by atoms with Crippen LogP contribution in [0.3, 0.4) is 0 Å². The number of hydrogen-bond donors (Lipinski definition) is 2. The molecule has 2 aromatic heterocycles. The van der Waals surface area contributed by atoms with E-state index in [1.165, 1.54) is 22.7 Å². The minimum Gasteiger partial charge on any atom is -0.486 e. The minimum absolute atomic E-state index is 0.187. The molecule has 0 radical (unpaired) electrons. The van der Waals surface area contributed by atoms with E-state index in [0.717, 1.165) is 18.2 Å². The van der Waals surface area contributed by atoms with Crippen molar-refractivity contribution >= 4 is 51.2 Å². The van der Waals surface area contributed by atoms with E-state index in [9.17, 15) is 9.59 Å². The van der Waals surface area contributed by atoms with Gasteiger partial charge in [-0.15, -0.1) is 22.7 Å². The van der Waals surface area contributed by atoms with Gasteiger partial charge in [-0.05, 0) is 24.3 Å². The van der Waals surface area contributed by atoms with Crippen LogP contribution in [0, 0.1) is 0 Å². The molecule has 2 N–H and O–H groups in total. The van der Waals surface area contributed by atoms with E-state index in [1.54, 1.807) is 35.0 Å². The van der Waals surface area contributed by atoms with E-state index < -0.39 is 11.8 Å². The minimum atomic E-state index is -0.522. The lowest BCUT2D eigenvalue weighted by Crippen LogP contribution is -2.42. The molecule has 2 amide bonds. The highest BCUT2D eigenvalue weighted by Crippen LogP contribution is 2.21. The number of carbonyl (C=O) groups is 2. The number of morpholine rings is 1. The van der Waals surface area contributed by atoms with Crippen molar-refractivity contribution < 1.29 is 19.1 Å². The van der Waals surface area contributed by atoms with Crippen LogP contribution in [0.2, 0.25) is 5.02 Å². The molecule has 0 unspecified atom stereocenters. The van der Waals surface area contributed by atoms with Gasteiger partial charge in [-0.1, -0.05) is 11.6 Å². The zero-order valence-electron chi connectivity index (χ0n) is 16.2. The highest BCUT2D eigenvalue weighted by molar-refractivity contribution is 7.14. The summed E-state index contributed by atoms with van der Waals surface area (Å²) in [7, 11) is 0. The van der Waals surface area contributed by atoms with Gasteiger partial charge in [0.1, 0.15) is 28.8 Å². The van der Waals surface area contributed by atoms with Crippen molar-refractivity contribution in [3.63, 3.8) is 0 Å². The Hall–Kier alpha value is -2.73. The first kappa shape index (κ1) is 21.5. The van der Waals surface area contributed by atoms with E-state index >= 15 is 0 Å². The topological polar surface area (TPSA) is 106 Å². The largest absolute Gasteiger partial charge is 0.486 e. The van der Waals surface area contributed by atoms with Crippen LogP contribution in [0.25, 0.3) is 0 Å². The number of anilines is 1. The van der Waals surface area contributed by atoms with Gasteiger partial charge in [-0.3, -0.25) is 20.4 Å². The summed E-state index contributed by atoms with van der Waals surface area (Å²) in [5.74, 6) is -0.366. The monoisotopic (exact) mass is 479 g/mol. The lowest BCUT2D eigenvalue weighted by molar-refractivity contribution is 0.0842. The lowest BCUT2D eigenvalue weighted by Gasteiger charge is -2.25. The van der Waals surface area contributed by atoms with Gasteiger partial charge in [0.05, 0.1) is 13.2 Å². The number of hydrazine groups is 1. The molecule has 0 saturated carbocycles. The Kier molecular flexibility index (Phi) is 6.97. The fourth-order valence-electron chi connectivity index (χ4n) is 2.67. The maximum absolute atomic E-state index is 12.3. The molecule has 0 atom stereocenters. The van der Waals surface area contributed by atoms with Crippen LogP contribution in [0.4, 0.5) is 5.13 Å². The van der Waals surface area contributed by atoms with Gasteiger partial charge in [-0.25, -0.2) is 9.97 Å². The molecule has 1 aromatic carbocycles. The summed E-state index contributed by atoms with van der Waals surface area (Å²) in [4.78, 5) is 35.2. The Morgan fingerprint density at radius 3 is 2.39 bits per heavy atom. The van der Waals surface area contributed by atoms with Gasteiger partial charge in [0, 0.05) is 28.9 Å². The van der Waals surface area contributed by atoms with Crippen LogP contribution >= 0.6 is 34.3 Å². The third-order valence-electron chi connectivity index (χ3n) is 4.26. The van der Waals surface area contributed by atoms with Gasteiger partial charge >= 0.3 is 0 Å². The molecule has 4 rings (SSSR count). The summed E-state index contributed by atoms with van der Waals surface area (Å²) >= 11 is 8.51. The lowest BCUT2D eigenvalue weighted by atomic mass is 10.3. The zero-order valence-corrected chi connectivity index (χ0v) is 18.6. The van der Waals surface area contributed by atoms with Crippen LogP contribution in [-0.2, 0) is 11.3 Å². The summed E-state index contributed by atoms with van der Waals surface area (Å²) < 4.78 is 10.9. The summed E-state index contributed by atoms with van der Waals surface area (Å²) in [5.41, 5.74) is 5.16. The van der Waals surface area contributed by atoms with Crippen molar-refractivity contribution in [2.45, 2.75) is 6.61 Å². The summed E-state index contributed by atoms with van der Waals surface area (Å²) in [5, 5.41) is 5.26. The second-order valence-corrected chi connectivity index (χ2v) is 8.61. The van der Waals surface area contributed by atoms with Gasteiger partial charge < -0.3 is 14.4 Å². The molecule has 9 nitrogen and oxygen atoms in total. The highest BCUT2D eigenvalue weighted by atomic mass is 35.5. The standard InChI is InChI=1S/C19H18ClN5O4S2/c20-12-1-3-13(4-2-12)29-9-16-21-14(10-30-16)17(26)23-24-18(27)15-11-31-19(22-15)25-5-7-28-8-6-25/h1-4,10-11H,5-9H2,(H,23,26)(H,24,27). The van der Waals surface area contributed by atoms with Crippen molar-refractivity contribution in [2.24, 2.45) is 0 Å². The van der Waals surface area contributed by atoms with Crippen LogP contribution in [0.1, 0.15) is 26.0 Å². The van der Waals surface area contributed by atoms with Crippen LogP contribution < -0.4 is 20.5 Å².